The maximum atomic E-state index is 11.7. The van der Waals surface area contributed by atoms with Gasteiger partial charge in [0.15, 0.2) is 5.78 Å². The fourth-order valence-corrected chi connectivity index (χ4v) is 1.72. The number of hydrogen-bond acceptors (Lipinski definition) is 4. The third-order valence-corrected chi connectivity index (χ3v) is 2.86. The minimum Gasteiger partial charge on any atom is -0.312 e. The molecule has 0 saturated heterocycles. The quantitative estimate of drug-likeness (QED) is 0.479. The monoisotopic (exact) mass is 305 g/mol. The highest BCUT2D eigenvalue weighted by Crippen LogP contribution is 2.16. The van der Waals surface area contributed by atoms with Gasteiger partial charge in [-0.05, 0) is 52.4 Å². The first-order valence-corrected chi connectivity index (χ1v) is 5.90. The molecule has 4 nitrogen and oxygen atoms in total. The van der Waals surface area contributed by atoms with Gasteiger partial charge < -0.3 is 4.84 Å². The second-order valence-corrected chi connectivity index (χ2v) is 4.30. The lowest BCUT2D eigenvalue weighted by Crippen LogP contribution is -2.05. The first-order chi connectivity index (χ1) is 8.66. The van der Waals surface area contributed by atoms with Gasteiger partial charge in [-0.25, -0.2) is 4.79 Å². The zero-order valence-electron chi connectivity index (χ0n) is 9.17. The third-order valence-electron chi connectivity index (χ3n) is 2.16. The van der Waals surface area contributed by atoms with E-state index in [0.717, 1.165) is 0 Å². The second kappa shape index (κ2) is 5.55. The predicted molar refractivity (Wildman–Crippen MR) is 70.3 cm³/mol. The summed E-state index contributed by atoms with van der Waals surface area (Å²) in [6.07, 6.45) is 5.67. The highest BCUT2D eigenvalue weighted by molar-refractivity contribution is 9.10. The number of hydrogen-bond donors (Lipinski definition) is 0. The van der Waals surface area contributed by atoms with Crippen LogP contribution in [0.2, 0.25) is 0 Å². The van der Waals surface area contributed by atoms with Gasteiger partial charge in [-0.2, -0.15) is 0 Å². The van der Waals surface area contributed by atoms with Gasteiger partial charge in [0, 0.05) is 4.47 Å². The normalized spacial score (nSPS) is 13.6. The van der Waals surface area contributed by atoms with Crippen LogP contribution in [0.3, 0.4) is 0 Å². The van der Waals surface area contributed by atoms with Crippen molar-refractivity contribution in [1.29, 1.82) is 0 Å². The molecule has 0 fully saturated rings. The number of oxime groups is 1. The van der Waals surface area contributed by atoms with E-state index >= 15 is 0 Å². The van der Waals surface area contributed by atoms with Crippen LogP contribution < -0.4 is 0 Å². The van der Waals surface area contributed by atoms with E-state index in [-0.39, 0.29) is 5.78 Å². The summed E-state index contributed by atoms with van der Waals surface area (Å²) in [6.45, 7) is 0. The Kier molecular flexibility index (Phi) is 3.84. The molecule has 0 bridgehead atoms. The molecule has 0 aromatic heterocycles. The highest BCUT2D eigenvalue weighted by Gasteiger charge is 2.11. The number of carbonyl (C=O) groups is 2. The van der Waals surface area contributed by atoms with Crippen LogP contribution in [0.15, 0.2) is 58.2 Å². The van der Waals surface area contributed by atoms with E-state index in [9.17, 15) is 9.59 Å². The number of nitrogens with zero attached hydrogens (tertiary/aromatic N) is 1. The summed E-state index contributed by atoms with van der Waals surface area (Å²) in [7, 11) is 0. The predicted octanol–water partition coefficient (Wildman–Crippen LogP) is 2.66. The van der Waals surface area contributed by atoms with Gasteiger partial charge in [0.2, 0.25) is 0 Å². The lowest BCUT2D eigenvalue weighted by Gasteiger charge is -2.02. The fraction of sp³-hybridized carbons (Fsp3) is 0. The van der Waals surface area contributed by atoms with Crippen LogP contribution in [0, 0.1) is 0 Å². The second-order valence-electron chi connectivity index (χ2n) is 3.44. The number of rotatable bonds is 2. The molecule has 0 amide bonds. The number of carbonyl (C=O) groups excluding carboxylic acids is 2. The third kappa shape index (κ3) is 3.01. The molecule has 0 aliphatic heterocycles. The molecule has 1 aromatic carbocycles. The molecule has 5 heteroatoms. The molecular formula is C13H8BrNO3. The molecule has 0 spiro atoms. The number of ketones is 1. The van der Waals surface area contributed by atoms with Crippen molar-refractivity contribution in [1.82, 2.24) is 0 Å². The maximum Gasteiger partial charge on any atom is 0.366 e. The van der Waals surface area contributed by atoms with Crippen molar-refractivity contribution in [2.24, 2.45) is 5.16 Å². The van der Waals surface area contributed by atoms with Crippen molar-refractivity contribution < 1.29 is 14.4 Å². The summed E-state index contributed by atoms with van der Waals surface area (Å²) in [5, 5.41) is 3.66. The lowest BCUT2D eigenvalue weighted by atomic mass is 10.2. The van der Waals surface area contributed by atoms with Gasteiger partial charge in [0.25, 0.3) is 0 Å². The Morgan fingerprint density at radius 2 is 1.78 bits per heavy atom. The summed E-state index contributed by atoms with van der Waals surface area (Å²) >= 11 is 3.25. The molecule has 0 N–H and O–H groups in total. The number of halogens is 1. The molecule has 0 unspecified atom stereocenters. The highest BCUT2D eigenvalue weighted by atomic mass is 79.9. The Morgan fingerprint density at radius 1 is 1.11 bits per heavy atom. The number of benzene rings is 1. The van der Waals surface area contributed by atoms with Gasteiger partial charge >= 0.3 is 5.97 Å². The molecule has 0 heterocycles. The smallest absolute Gasteiger partial charge is 0.312 e. The van der Waals surface area contributed by atoms with Crippen LogP contribution in [-0.2, 0) is 9.63 Å². The molecule has 1 aliphatic carbocycles. The Bertz CT molecular complexity index is 570. The van der Waals surface area contributed by atoms with E-state index in [1.807, 2.05) is 0 Å². The fourth-order valence-electron chi connectivity index (χ4n) is 1.28. The Hall–Kier alpha value is -2.01. The van der Waals surface area contributed by atoms with Crippen LogP contribution in [0.25, 0.3) is 0 Å². The van der Waals surface area contributed by atoms with Crippen LogP contribution in [0.4, 0.5) is 0 Å². The largest absolute Gasteiger partial charge is 0.366 e. The minimum absolute atomic E-state index is 0.119. The first-order valence-electron chi connectivity index (χ1n) is 5.11. The SMILES string of the molecule is O=C1C=CC(=NOC(=O)c2ccccc2Br)C=C1. The van der Waals surface area contributed by atoms with E-state index in [0.29, 0.717) is 15.7 Å². The van der Waals surface area contributed by atoms with Crippen LogP contribution >= 0.6 is 15.9 Å². The standard InChI is InChI=1S/C13H8BrNO3/c14-12-4-2-1-3-11(12)13(17)18-15-9-5-7-10(16)8-6-9/h1-8H. The minimum atomic E-state index is -0.561. The summed E-state index contributed by atoms with van der Waals surface area (Å²) in [4.78, 5) is 27.4. The topological polar surface area (TPSA) is 55.7 Å². The van der Waals surface area contributed by atoms with E-state index in [1.54, 1.807) is 24.3 Å². The summed E-state index contributed by atoms with van der Waals surface area (Å²) in [5.41, 5.74) is 0.802. The van der Waals surface area contributed by atoms with Crippen LogP contribution in [0.5, 0.6) is 0 Å². The zero-order chi connectivity index (χ0) is 13.0. The molecule has 0 saturated carbocycles. The molecule has 18 heavy (non-hydrogen) atoms. The Morgan fingerprint density at radius 3 is 2.44 bits per heavy atom. The van der Waals surface area contributed by atoms with Crippen molar-refractivity contribution >= 4 is 33.4 Å². The summed E-state index contributed by atoms with van der Waals surface area (Å²) < 4.78 is 0.639. The zero-order valence-corrected chi connectivity index (χ0v) is 10.8. The van der Waals surface area contributed by atoms with Crippen molar-refractivity contribution in [2.45, 2.75) is 0 Å². The van der Waals surface area contributed by atoms with Crippen molar-refractivity contribution in [3.05, 3.63) is 58.6 Å². The van der Waals surface area contributed by atoms with E-state index in [1.165, 1.54) is 24.3 Å². The molecule has 1 aliphatic rings. The number of allylic oxidation sites excluding steroid dienone is 4. The Balaban J connectivity index is 2.08. The summed E-state index contributed by atoms with van der Waals surface area (Å²) in [5.74, 6) is -0.681. The van der Waals surface area contributed by atoms with Crippen molar-refractivity contribution in [3.8, 4) is 0 Å². The molecule has 90 valence electrons. The van der Waals surface area contributed by atoms with E-state index < -0.39 is 5.97 Å². The average molecular weight is 306 g/mol. The van der Waals surface area contributed by atoms with Gasteiger partial charge in [0.05, 0.1) is 5.56 Å². The Labute approximate surface area is 112 Å². The first kappa shape index (κ1) is 12.4. The molecule has 2 rings (SSSR count). The van der Waals surface area contributed by atoms with Crippen LogP contribution in [0.1, 0.15) is 10.4 Å². The van der Waals surface area contributed by atoms with Gasteiger partial charge in [-0.15, -0.1) is 0 Å². The molecule has 1 aromatic rings. The van der Waals surface area contributed by atoms with Crippen LogP contribution in [-0.4, -0.2) is 17.5 Å². The molecule has 0 atom stereocenters. The average Bonchev–Trinajstić information content (AvgIpc) is 2.38. The van der Waals surface area contributed by atoms with Gasteiger partial charge in [-0.1, -0.05) is 17.3 Å². The maximum absolute atomic E-state index is 11.7. The van der Waals surface area contributed by atoms with E-state index in [4.69, 9.17) is 4.84 Å². The molecular weight excluding hydrogens is 298 g/mol. The lowest BCUT2D eigenvalue weighted by molar-refractivity contribution is -0.110. The van der Waals surface area contributed by atoms with Gasteiger partial charge in [0.1, 0.15) is 5.71 Å². The van der Waals surface area contributed by atoms with E-state index in [2.05, 4.69) is 21.1 Å². The molecule has 0 radical (unpaired) electrons. The van der Waals surface area contributed by atoms with Gasteiger partial charge in [-0.3, -0.25) is 4.79 Å². The van der Waals surface area contributed by atoms with Crippen molar-refractivity contribution in [3.63, 3.8) is 0 Å². The summed E-state index contributed by atoms with van der Waals surface area (Å²) in [6, 6.07) is 6.89. The van der Waals surface area contributed by atoms with Crippen molar-refractivity contribution in [2.75, 3.05) is 0 Å².